The van der Waals surface area contributed by atoms with Crippen LogP contribution in [0.15, 0.2) is 65.8 Å². The molecule has 2 aromatic rings. The molecule has 0 spiro atoms. The number of rotatable bonds is 10. The minimum atomic E-state index is -1.30. The largest absolute Gasteiger partial charge is 0.467 e. The van der Waals surface area contributed by atoms with Gasteiger partial charge in [-0.1, -0.05) is 67.5 Å². The molecule has 4 rings (SSSR count). The third-order valence-electron chi connectivity index (χ3n) is 7.67. The maximum atomic E-state index is 13.2. The first-order valence-corrected chi connectivity index (χ1v) is 14.0. The van der Waals surface area contributed by atoms with Crippen LogP contribution < -0.4 is 0 Å². The van der Waals surface area contributed by atoms with Gasteiger partial charge in [-0.25, -0.2) is 9.59 Å². The van der Waals surface area contributed by atoms with E-state index in [-0.39, 0.29) is 6.61 Å². The van der Waals surface area contributed by atoms with Gasteiger partial charge < -0.3 is 33.5 Å². The summed E-state index contributed by atoms with van der Waals surface area (Å²) in [6.07, 6.45) is -7.61. The Balaban J connectivity index is 1.72. The lowest BCUT2D eigenvalue weighted by Crippen LogP contribution is -2.64. The van der Waals surface area contributed by atoms with Crippen LogP contribution in [0.2, 0.25) is 0 Å². The zero-order valence-corrected chi connectivity index (χ0v) is 24.0. The van der Waals surface area contributed by atoms with Gasteiger partial charge in [-0.05, 0) is 42.5 Å². The number of ether oxygens (including phenoxy) is 6. The smallest absolute Gasteiger partial charge is 0.338 e. The van der Waals surface area contributed by atoms with Crippen LogP contribution in [-0.2, 0) is 39.8 Å². The molecular weight excluding hydrogens is 546 g/mol. The lowest BCUT2D eigenvalue weighted by Gasteiger charge is -2.47. The number of carbonyl (C=O) groups excluding carboxylic acids is 2. The Morgan fingerprint density at radius 2 is 1.67 bits per heavy atom. The van der Waals surface area contributed by atoms with Gasteiger partial charge in [0.25, 0.3) is 0 Å². The number of carbonyl (C=O) groups is 2. The van der Waals surface area contributed by atoms with E-state index in [4.69, 9.17) is 28.4 Å². The van der Waals surface area contributed by atoms with Crippen molar-refractivity contribution < 1.29 is 43.1 Å². The van der Waals surface area contributed by atoms with E-state index in [1.54, 1.807) is 44.2 Å². The summed E-state index contributed by atoms with van der Waals surface area (Å²) in [5.74, 6) is -1.87. The van der Waals surface area contributed by atoms with Gasteiger partial charge in [0.1, 0.15) is 12.2 Å². The van der Waals surface area contributed by atoms with Crippen molar-refractivity contribution in [2.24, 2.45) is 11.0 Å². The molecule has 10 atom stereocenters. The van der Waals surface area contributed by atoms with Crippen LogP contribution in [0.1, 0.15) is 43.1 Å². The first-order valence-electron chi connectivity index (χ1n) is 14.0. The highest BCUT2D eigenvalue weighted by molar-refractivity contribution is 5.89. The van der Waals surface area contributed by atoms with Crippen LogP contribution in [0.4, 0.5) is 0 Å². The van der Waals surface area contributed by atoms with E-state index in [9.17, 15) is 20.2 Å². The highest BCUT2D eigenvalue weighted by Crippen LogP contribution is 2.36. The monoisotopic (exact) mass is 583 g/mol. The molecule has 2 aliphatic heterocycles. The minimum Gasteiger partial charge on any atom is -0.467 e. The summed E-state index contributed by atoms with van der Waals surface area (Å²) in [5, 5.41) is 14.6. The van der Waals surface area contributed by atoms with E-state index < -0.39 is 72.9 Å². The molecule has 2 heterocycles. The predicted molar refractivity (Wildman–Crippen MR) is 149 cm³/mol. The number of methoxy groups -OCH3 is 1. The second-order valence-electron chi connectivity index (χ2n) is 10.4. The fourth-order valence-electron chi connectivity index (χ4n) is 5.30. The first kappa shape index (κ1) is 31.4. The Bertz CT molecular complexity index is 1230. The molecule has 12 nitrogen and oxygen atoms in total. The summed E-state index contributed by atoms with van der Waals surface area (Å²) in [6, 6.07) is 16.9. The van der Waals surface area contributed by atoms with Crippen molar-refractivity contribution in [1.29, 1.82) is 0 Å². The van der Waals surface area contributed by atoms with Crippen molar-refractivity contribution >= 4 is 11.9 Å². The summed E-state index contributed by atoms with van der Waals surface area (Å²) in [6.45, 7) is 5.35. The molecule has 0 radical (unpaired) electrons. The van der Waals surface area contributed by atoms with Crippen LogP contribution in [-0.4, -0.2) is 79.2 Å². The molecule has 0 amide bonds. The predicted octanol–water partition coefficient (Wildman–Crippen LogP) is 3.95. The van der Waals surface area contributed by atoms with Gasteiger partial charge in [0.2, 0.25) is 0 Å². The normalized spacial score (nSPS) is 32.8. The van der Waals surface area contributed by atoms with Crippen molar-refractivity contribution in [1.82, 2.24) is 0 Å². The van der Waals surface area contributed by atoms with Crippen molar-refractivity contribution in [3.05, 3.63) is 82.2 Å². The molecule has 2 aromatic carbocycles. The minimum absolute atomic E-state index is 0.101. The fourth-order valence-corrected chi connectivity index (χ4v) is 5.30. The van der Waals surface area contributed by atoms with Crippen LogP contribution >= 0.6 is 0 Å². The lowest BCUT2D eigenvalue weighted by atomic mass is 9.88. The molecule has 2 fully saturated rings. The summed E-state index contributed by atoms with van der Waals surface area (Å²) in [5.41, 5.74) is 10.4. The fraction of sp³-hybridized carbons (Fsp3) is 0.533. The van der Waals surface area contributed by atoms with Crippen molar-refractivity contribution in [2.75, 3.05) is 7.11 Å². The molecule has 2 aliphatic rings. The summed E-state index contributed by atoms with van der Waals surface area (Å²) in [4.78, 5) is 29.1. The van der Waals surface area contributed by atoms with E-state index >= 15 is 0 Å². The number of esters is 2. The molecule has 42 heavy (non-hydrogen) atoms. The standard InChI is InChI=1S/C30H37N3O9/c1-5-21-23(34)17(2)22(32-33-31)30(40-21)42-26-25(38-16-19-12-8-6-9-13-19)24(18(3)39-27(26)29(36)37-4)41-28(35)20-14-10-7-11-15-20/h6-15,17-18,21-27,30,34H,5,16H2,1-4H3/t17-,18-,21?,22?,23+,24?,25+,26-,27?,30+/m1/s1. The Morgan fingerprint density at radius 3 is 2.29 bits per heavy atom. The van der Waals surface area contributed by atoms with Gasteiger partial charge in [0.05, 0.1) is 43.6 Å². The molecule has 226 valence electrons. The average molecular weight is 584 g/mol. The maximum absolute atomic E-state index is 13.2. The molecular formula is C30H37N3O9. The maximum Gasteiger partial charge on any atom is 0.338 e. The quantitative estimate of drug-likeness (QED) is 0.189. The van der Waals surface area contributed by atoms with Crippen molar-refractivity contribution in [2.45, 2.75) is 88.9 Å². The molecule has 2 saturated heterocycles. The van der Waals surface area contributed by atoms with Crippen molar-refractivity contribution in [3.8, 4) is 0 Å². The lowest BCUT2D eigenvalue weighted by molar-refractivity contribution is -0.312. The van der Waals surface area contributed by atoms with Gasteiger partial charge in [-0.15, -0.1) is 0 Å². The summed E-state index contributed by atoms with van der Waals surface area (Å²) < 4.78 is 35.9. The highest BCUT2D eigenvalue weighted by atomic mass is 16.7. The molecule has 0 aromatic heterocycles. The highest BCUT2D eigenvalue weighted by Gasteiger charge is 2.54. The third-order valence-corrected chi connectivity index (χ3v) is 7.67. The van der Waals surface area contributed by atoms with E-state index in [1.807, 2.05) is 37.3 Å². The van der Waals surface area contributed by atoms with Crippen LogP contribution in [0, 0.1) is 5.92 Å². The van der Waals surface area contributed by atoms with E-state index in [0.29, 0.717) is 12.0 Å². The van der Waals surface area contributed by atoms with E-state index in [0.717, 1.165) is 5.56 Å². The van der Waals surface area contributed by atoms with Gasteiger partial charge in [0, 0.05) is 4.91 Å². The second-order valence-corrected chi connectivity index (χ2v) is 10.4. The third kappa shape index (κ3) is 7.09. The van der Waals surface area contributed by atoms with Crippen LogP contribution in [0.3, 0.4) is 0 Å². The number of aliphatic hydroxyl groups excluding tert-OH is 1. The summed E-state index contributed by atoms with van der Waals surface area (Å²) >= 11 is 0. The summed E-state index contributed by atoms with van der Waals surface area (Å²) in [7, 11) is 1.22. The first-order chi connectivity index (χ1) is 20.3. The van der Waals surface area contributed by atoms with Gasteiger partial charge in [0.15, 0.2) is 18.5 Å². The Labute approximate surface area is 244 Å². The molecule has 0 aliphatic carbocycles. The van der Waals surface area contributed by atoms with E-state index in [1.165, 1.54) is 7.11 Å². The zero-order chi connectivity index (χ0) is 30.2. The van der Waals surface area contributed by atoms with Crippen LogP contribution in [0.5, 0.6) is 0 Å². The molecule has 0 saturated carbocycles. The van der Waals surface area contributed by atoms with Crippen LogP contribution in [0.25, 0.3) is 10.4 Å². The molecule has 12 heteroatoms. The number of hydrogen-bond donors (Lipinski definition) is 1. The number of hydrogen-bond acceptors (Lipinski definition) is 10. The van der Waals surface area contributed by atoms with Gasteiger partial charge in [-0.3, -0.25) is 0 Å². The zero-order valence-electron chi connectivity index (χ0n) is 24.0. The molecule has 4 unspecified atom stereocenters. The van der Waals surface area contributed by atoms with Gasteiger partial charge >= 0.3 is 11.9 Å². The number of benzene rings is 2. The van der Waals surface area contributed by atoms with Gasteiger partial charge in [-0.2, -0.15) is 0 Å². The van der Waals surface area contributed by atoms with Crippen molar-refractivity contribution in [3.63, 3.8) is 0 Å². The Kier molecular flexibility index (Phi) is 10.9. The Hall–Kier alpha value is -3.51. The topological polar surface area (TPSA) is 159 Å². The number of nitrogens with zero attached hydrogens (tertiary/aromatic N) is 3. The second kappa shape index (κ2) is 14.6. The van der Waals surface area contributed by atoms with E-state index in [2.05, 4.69) is 10.0 Å². The Morgan fingerprint density at radius 1 is 1.00 bits per heavy atom. The molecule has 0 bridgehead atoms. The molecule has 1 N–H and O–H groups in total. The SMILES string of the molecule is CCC1O[C@@H](O[C@H]2C(C(=O)OC)O[C@H](C)C(OC(=O)c3ccccc3)[C@@H]2OCc2ccccc2)C(N=[N+]=[N-])[C@@H](C)[C@@H]1O. The number of azide groups is 1. The average Bonchev–Trinajstić information content (AvgIpc) is 3.02. The number of aliphatic hydroxyl groups is 1.